The fraction of sp³-hybridized carbons (Fsp3) is 0.588. The van der Waals surface area contributed by atoms with Crippen molar-refractivity contribution >= 4 is 33.3 Å². The lowest BCUT2D eigenvalue weighted by atomic mass is 9.99. The van der Waals surface area contributed by atoms with E-state index in [4.69, 9.17) is 4.74 Å². The summed E-state index contributed by atoms with van der Waals surface area (Å²) < 4.78 is 26.0. The molecule has 0 saturated carbocycles. The van der Waals surface area contributed by atoms with Crippen LogP contribution < -0.4 is 9.46 Å². The quantitative estimate of drug-likeness (QED) is 0.481. The molecule has 2 N–H and O–H groups in total. The van der Waals surface area contributed by atoms with Crippen LogP contribution in [0.1, 0.15) is 45.2 Å². The average Bonchev–Trinajstić information content (AvgIpc) is 2.52. The number of methoxy groups -OCH3 is 2. The molecule has 0 aliphatic carbocycles. The Labute approximate surface area is 160 Å². The average molecular weight is 436 g/mol. The molecule has 6 nitrogen and oxygen atoms in total. The van der Waals surface area contributed by atoms with Crippen LogP contribution in [0.15, 0.2) is 22.7 Å². The molecule has 142 valence electrons. The van der Waals surface area contributed by atoms with Crippen molar-refractivity contribution in [2.75, 3.05) is 14.2 Å². The highest BCUT2D eigenvalue weighted by atomic mass is 79.9. The molecule has 1 aromatic carbocycles. The lowest BCUT2D eigenvalue weighted by Gasteiger charge is -2.29. The minimum Gasteiger partial charge on any atom is -0.598 e. The molecule has 3 atom stereocenters. The van der Waals surface area contributed by atoms with E-state index in [1.54, 1.807) is 13.2 Å². The molecule has 0 aliphatic rings. The Morgan fingerprint density at radius 1 is 1.40 bits per heavy atom. The van der Waals surface area contributed by atoms with Gasteiger partial charge in [-0.05, 0) is 39.3 Å². The number of hydrogen-bond donors (Lipinski definition) is 2. The van der Waals surface area contributed by atoms with Gasteiger partial charge in [0.1, 0.15) is 10.5 Å². The van der Waals surface area contributed by atoms with E-state index in [-0.39, 0.29) is 12.8 Å². The zero-order valence-electron chi connectivity index (χ0n) is 15.2. The highest BCUT2D eigenvalue weighted by Gasteiger charge is 2.32. The Kier molecular flexibility index (Phi) is 8.70. The Morgan fingerprint density at radius 2 is 2.04 bits per heavy atom. The van der Waals surface area contributed by atoms with Gasteiger partial charge in [-0.3, -0.25) is 4.79 Å². The molecule has 0 spiro atoms. The molecule has 0 aliphatic heterocycles. The van der Waals surface area contributed by atoms with E-state index in [2.05, 4.69) is 25.4 Å². The van der Waals surface area contributed by atoms with Gasteiger partial charge in [-0.2, -0.15) is 0 Å². The second kappa shape index (κ2) is 9.78. The van der Waals surface area contributed by atoms with Crippen molar-refractivity contribution in [1.29, 1.82) is 0 Å². The van der Waals surface area contributed by atoms with Crippen molar-refractivity contribution in [1.82, 2.24) is 4.72 Å². The number of ether oxygens (including phenoxy) is 2. The van der Waals surface area contributed by atoms with Crippen LogP contribution in [0, 0.1) is 0 Å². The second-order valence-corrected chi connectivity index (χ2v) is 9.52. The molecular formula is C17H26BrNO5S. The van der Waals surface area contributed by atoms with E-state index < -0.39 is 34.2 Å². The van der Waals surface area contributed by atoms with Gasteiger partial charge in [0.15, 0.2) is 0 Å². The number of carbonyl (C=O) groups is 1. The monoisotopic (exact) mass is 435 g/mol. The first-order valence-electron chi connectivity index (χ1n) is 7.84. The molecule has 0 heterocycles. The third-order valence-corrected chi connectivity index (χ3v) is 5.62. The molecule has 1 unspecified atom stereocenters. The number of halogens is 1. The summed E-state index contributed by atoms with van der Waals surface area (Å²) in [5.41, 5.74) is 0.757. The van der Waals surface area contributed by atoms with E-state index in [0.717, 1.165) is 10.0 Å². The van der Waals surface area contributed by atoms with Gasteiger partial charge < -0.3 is 19.1 Å². The molecule has 0 aromatic heterocycles. The third-order valence-electron chi connectivity index (χ3n) is 3.51. The summed E-state index contributed by atoms with van der Waals surface area (Å²) in [6.07, 6.45) is -0.875. The number of nitrogens with one attached hydrogen (secondary N) is 1. The number of aliphatic hydroxyl groups excluding tert-OH is 1. The predicted molar refractivity (Wildman–Crippen MR) is 102 cm³/mol. The van der Waals surface area contributed by atoms with Crippen molar-refractivity contribution < 1.29 is 23.9 Å². The number of benzene rings is 1. The molecule has 0 saturated heterocycles. The van der Waals surface area contributed by atoms with Crippen molar-refractivity contribution in [3.63, 3.8) is 0 Å². The summed E-state index contributed by atoms with van der Waals surface area (Å²) in [6.45, 7) is 5.57. The van der Waals surface area contributed by atoms with Crippen LogP contribution >= 0.6 is 15.9 Å². The summed E-state index contributed by atoms with van der Waals surface area (Å²) in [5, 5.41) is 10.2. The minimum absolute atomic E-state index is 0.129. The molecule has 1 aromatic rings. The van der Waals surface area contributed by atoms with Crippen molar-refractivity contribution in [2.24, 2.45) is 0 Å². The minimum atomic E-state index is -1.36. The Bertz CT molecular complexity index is 579. The van der Waals surface area contributed by atoms with E-state index >= 15 is 0 Å². The zero-order valence-corrected chi connectivity index (χ0v) is 17.6. The number of hydrogen-bond acceptors (Lipinski definition) is 6. The van der Waals surface area contributed by atoms with Gasteiger partial charge in [-0.15, -0.1) is 4.72 Å². The van der Waals surface area contributed by atoms with Crippen LogP contribution in [0.25, 0.3) is 0 Å². The smallest absolute Gasteiger partial charge is 0.308 e. The van der Waals surface area contributed by atoms with Crippen LogP contribution in [-0.4, -0.2) is 40.7 Å². The molecule has 8 heteroatoms. The number of rotatable bonds is 8. The Balaban J connectivity index is 3.08. The summed E-state index contributed by atoms with van der Waals surface area (Å²) in [7, 11) is 2.82. The van der Waals surface area contributed by atoms with Gasteiger partial charge in [0.25, 0.3) is 0 Å². The first kappa shape index (κ1) is 22.2. The highest BCUT2D eigenvalue weighted by Crippen LogP contribution is 2.33. The van der Waals surface area contributed by atoms with Crippen LogP contribution in [-0.2, 0) is 20.9 Å². The maximum absolute atomic E-state index is 12.6. The van der Waals surface area contributed by atoms with Crippen molar-refractivity contribution in [2.45, 2.75) is 50.5 Å². The van der Waals surface area contributed by atoms with Crippen LogP contribution in [0.4, 0.5) is 0 Å². The van der Waals surface area contributed by atoms with Gasteiger partial charge in [0, 0.05) is 21.4 Å². The lowest BCUT2D eigenvalue weighted by molar-refractivity contribution is -0.142. The SMILES string of the molecule is COC(=O)C[C@H](O)C[C@H](N[S+]([O-])C(C)(C)C)c1ccc(Br)cc1OC. The van der Waals surface area contributed by atoms with Gasteiger partial charge in [0.2, 0.25) is 0 Å². The van der Waals surface area contributed by atoms with Gasteiger partial charge in [-0.25, -0.2) is 0 Å². The second-order valence-electron chi connectivity index (χ2n) is 6.61. The largest absolute Gasteiger partial charge is 0.598 e. The predicted octanol–water partition coefficient (Wildman–Crippen LogP) is 2.86. The molecule has 0 bridgehead atoms. The van der Waals surface area contributed by atoms with Gasteiger partial charge in [-0.1, -0.05) is 22.0 Å². The van der Waals surface area contributed by atoms with E-state index in [1.165, 1.54) is 7.11 Å². The summed E-state index contributed by atoms with van der Waals surface area (Å²) in [4.78, 5) is 11.4. The highest BCUT2D eigenvalue weighted by molar-refractivity contribution is 9.10. The zero-order chi connectivity index (χ0) is 19.2. The van der Waals surface area contributed by atoms with Crippen LogP contribution in [0.3, 0.4) is 0 Å². The molecular weight excluding hydrogens is 410 g/mol. The maximum Gasteiger partial charge on any atom is 0.308 e. The van der Waals surface area contributed by atoms with Crippen LogP contribution in [0.2, 0.25) is 0 Å². The molecule has 0 amide bonds. The molecule has 0 fully saturated rings. The number of carbonyl (C=O) groups excluding carboxylic acids is 1. The lowest BCUT2D eigenvalue weighted by Crippen LogP contribution is -2.42. The van der Waals surface area contributed by atoms with Crippen LogP contribution in [0.5, 0.6) is 5.75 Å². The Hall–Kier alpha value is -0.800. The Morgan fingerprint density at radius 3 is 2.56 bits per heavy atom. The standard InChI is InChI=1S/C17H26BrNO5S/c1-17(2,3)25(22)19-14(9-12(20)10-16(21)24-5)13-7-6-11(18)8-15(13)23-4/h6-8,12,14,19-20H,9-10H2,1-5H3/t12-,14+,25?/m1/s1. The number of aliphatic hydroxyl groups is 1. The topological polar surface area (TPSA) is 90.9 Å². The van der Waals surface area contributed by atoms with E-state index in [0.29, 0.717) is 5.75 Å². The van der Waals surface area contributed by atoms with Crippen molar-refractivity contribution in [3.05, 3.63) is 28.2 Å². The fourth-order valence-electron chi connectivity index (χ4n) is 2.15. The first-order valence-corrected chi connectivity index (χ1v) is 9.79. The van der Waals surface area contributed by atoms with E-state index in [1.807, 2.05) is 32.9 Å². The first-order chi connectivity index (χ1) is 11.6. The molecule has 1 rings (SSSR count). The summed E-state index contributed by atoms with van der Waals surface area (Å²) >= 11 is 2.03. The third kappa shape index (κ3) is 7.15. The number of esters is 1. The maximum atomic E-state index is 12.6. The molecule has 25 heavy (non-hydrogen) atoms. The summed E-state index contributed by atoms with van der Waals surface area (Å²) in [6, 6.07) is 5.03. The summed E-state index contributed by atoms with van der Waals surface area (Å²) in [5.74, 6) is 0.106. The van der Waals surface area contributed by atoms with Gasteiger partial charge in [0.05, 0.1) is 32.8 Å². The normalized spacial score (nSPS) is 15.4. The molecule has 0 radical (unpaired) electrons. The van der Waals surface area contributed by atoms with Crippen molar-refractivity contribution in [3.8, 4) is 5.75 Å². The van der Waals surface area contributed by atoms with Gasteiger partial charge >= 0.3 is 5.97 Å². The fourth-order valence-corrected chi connectivity index (χ4v) is 3.32. The van der Waals surface area contributed by atoms with E-state index in [9.17, 15) is 14.5 Å².